The molecule has 1 aliphatic heterocycles. The fraction of sp³-hybridized carbons (Fsp3) is 0.143. The van der Waals surface area contributed by atoms with Crippen LogP contribution < -0.4 is 10.1 Å². The fourth-order valence-electron chi connectivity index (χ4n) is 2.27. The van der Waals surface area contributed by atoms with Crippen molar-refractivity contribution in [3.63, 3.8) is 0 Å². The van der Waals surface area contributed by atoms with Crippen LogP contribution in [-0.2, 0) is 0 Å². The number of halogens is 2. The van der Waals surface area contributed by atoms with Crippen molar-refractivity contribution < 1.29 is 14.1 Å². The molecule has 5 nitrogen and oxygen atoms in total. The number of fused-ring (bicyclic) bond motifs is 1. The van der Waals surface area contributed by atoms with Crippen LogP contribution in [0.1, 0.15) is 11.6 Å². The van der Waals surface area contributed by atoms with E-state index in [1.165, 1.54) is 0 Å². The maximum absolute atomic E-state index is 13.7. The van der Waals surface area contributed by atoms with Gasteiger partial charge in [0.15, 0.2) is 0 Å². The van der Waals surface area contributed by atoms with Crippen LogP contribution in [0.3, 0.4) is 0 Å². The molecule has 1 unspecified atom stereocenters. The molecule has 0 spiro atoms. The molecule has 0 saturated carbocycles. The standard InChI is InChI=1S/C14H10BrFN2O3/c15-9-5-13(18(19)20)11(6-10(9)16)17-12-7-21-14-4-2-1-3-8(12)14/h1-6,12,17H,7H2. The number of ether oxygens (including phenoxy) is 1. The number of rotatable bonds is 3. The molecule has 0 amide bonds. The van der Waals surface area contributed by atoms with Crippen molar-refractivity contribution in [2.45, 2.75) is 6.04 Å². The lowest BCUT2D eigenvalue weighted by Gasteiger charge is -2.13. The van der Waals surface area contributed by atoms with E-state index in [9.17, 15) is 14.5 Å². The van der Waals surface area contributed by atoms with E-state index >= 15 is 0 Å². The molecule has 3 rings (SSSR count). The van der Waals surface area contributed by atoms with Gasteiger partial charge in [-0.15, -0.1) is 0 Å². The zero-order valence-electron chi connectivity index (χ0n) is 10.7. The molecule has 0 saturated heterocycles. The number of hydrogen-bond acceptors (Lipinski definition) is 4. The molecule has 2 aromatic carbocycles. The number of hydrogen-bond donors (Lipinski definition) is 1. The highest BCUT2D eigenvalue weighted by Gasteiger charge is 2.26. The van der Waals surface area contributed by atoms with E-state index in [0.29, 0.717) is 6.61 Å². The van der Waals surface area contributed by atoms with Gasteiger partial charge >= 0.3 is 0 Å². The lowest BCUT2D eigenvalue weighted by Crippen LogP contribution is -2.13. The van der Waals surface area contributed by atoms with E-state index in [-0.39, 0.29) is 21.9 Å². The smallest absolute Gasteiger partial charge is 0.293 e. The number of benzene rings is 2. The van der Waals surface area contributed by atoms with Crippen LogP contribution in [0, 0.1) is 15.9 Å². The lowest BCUT2D eigenvalue weighted by molar-refractivity contribution is -0.384. The Morgan fingerprint density at radius 2 is 2.14 bits per heavy atom. The van der Waals surface area contributed by atoms with Gasteiger partial charge in [0.25, 0.3) is 5.69 Å². The van der Waals surface area contributed by atoms with Gasteiger partial charge in [-0.3, -0.25) is 10.1 Å². The molecule has 0 bridgehead atoms. The van der Waals surface area contributed by atoms with Gasteiger partial charge in [-0.25, -0.2) is 4.39 Å². The first-order valence-electron chi connectivity index (χ1n) is 6.18. The first-order chi connectivity index (χ1) is 10.1. The summed E-state index contributed by atoms with van der Waals surface area (Å²) in [5.41, 5.74) is 0.841. The summed E-state index contributed by atoms with van der Waals surface area (Å²) >= 11 is 2.96. The third-order valence-electron chi connectivity index (χ3n) is 3.26. The van der Waals surface area contributed by atoms with Crippen LogP contribution >= 0.6 is 15.9 Å². The van der Waals surface area contributed by atoms with Crippen LogP contribution in [0.25, 0.3) is 0 Å². The third-order valence-corrected chi connectivity index (χ3v) is 3.87. The molecule has 1 heterocycles. The fourth-order valence-corrected chi connectivity index (χ4v) is 2.60. The van der Waals surface area contributed by atoms with Gasteiger partial charge in [0.2, 0.25) is 0 Å². The summed E-state index contributed by atoms with van der Waals surface area (Å²) in [6, 6.07) is 9.43. The van der Waals surface area contributed by atoms with E-state index in [2.05, 4.69) is 21.2 Å². The average Bonchev–Trinajstić information content (AvgIpc) is 2.86. The Hall–Kier alpha value is -2.15. The normalized spacial score (nSPS) is 16.2. The molecular weight excluding hydrogens is 343 g/mol. The number of nitrogens with zero attached hydrogens (tertiary/aromatic N) is 1. The lowest BCUT2D eigenvalue weighted by atomic mass is 10.1. The van der Waals surface area contributed by atoms with Gasteiger partial charge < -0.3 is 10.1 Å². The molecule has 0 radical (unpaired) electrons. The molecule has 7 heteroatoms. The maximum atomic E-state index is 13.7. The summed E-state index contributed by atoms with van der Waals surface area (Å²) in [5, 5.41) is 14.1. The van der Waals surface area contributed by atoms with Crippen molar-refractivity contribution in [1.29, 1.82) is 0 Å². The second-order valence-corrected chi connectivity index (χ2v) is 5.44. The molecule has 1 N–H and O–H groups in total. The maximum Gasteiger partial charge on any atom is 0.293 e. The minimum atomic E-state index is -0.560. The largest absolute Gasteiger partial charge is 0.491 e. The molecule has 21 heavy (non-hydrogen) atoms. The zero-order chi connectivity index (χ0) is 15.0. The van der Waals surface area contributed by atoms with Crippen molar-refractivity contribution in [2.24, 2.45) is 0 Å². The Bertz CT molecular complexity index is 723. The van der Waals surface area contributed by atoms with Crippen LogP contribution in [0.2, 0.25) is 0 Å². The number of anilines is 1. The van der Waals surface area contributed by atoms with Gasteiger partial charge in [-0.2, -0.15) is 0 Å². The first kappa shape index (κ1) is 13.8. The van der Waals surface area contributed by atoms with Gasteiger partial charge in [0.05, 0.1) is 15.4 Å². The van der Waals surface area contributed by atoms with Crippen molar-refractivity contribution in [2.75, 3.05) is 11.9 Å². The van der Waals surface area contributed by atoms with Crippen LogP contribution in [0.15, 0.2) is 40.9 Å². The number of para-hydroxylation sites is 1. The SMILES string of the molecule is O=[N+]([O-])c1cc(Br)c(F)cc1NC1COc2ccccc21. The summed E-state index contributed by atoms with van der Waals surface area (Å²) in [5.74, 6) is 0.172. The summed E-state index contributed by atoms with van der Waals surface area (Å²) in [4.78, 5) is 10.5. The monoisotopic (exact) mass is 352 g/mol. The Morgan fingerprint density at radius 3 is 2.90 bits per heavy atom. The second kappa shape index (κ2) is 5.33. The average molecular weight is 353 g/mol. The van der Waals surface area contributed by atoms with Gasteiger partial charge in [-0.1, -0.05) is 18.2 Å². The summed E-state index contributed by atoms with van der Waals surface area (Å²) < 4.78 is 19.2. The van der Waals surface area contributed by atoms with E-state index < -0.39 is 10.7 Å². The molecule has 0 fully saturated rings. The van der Waals surface area contributed by atoms with Crippen molar-refractivity contribution in [3.05, 3.63) is 62.4 Å². The van der Waals surface area contributed by atoms with Gasteiger partial charge in [0, 0.05) is 17.7 Å². The first-order valence-corrected chi connectivity index (χ1v) is 6.97. The Balaban J connectivity index is 1.96. The highest BCUT2D eigenvalue weighted by Crippen LogP contribution is 2.37. The quantitative estimate of drug-likeness (QED) is 0.668. The zero-order valence-corrected chi connectivity index (χ0v) is 12.3. The van der Waals surface area contributed by atoms with E-state index in [1.54, 1.807) is 0 Å². The third kappa shape index (κ3) is 2.56. The minimum absolute atomic E-state index is 0.0582. The van der Waals surface area contributed by atoms with Crippen molar-refractivity contribution >= 4 is 27.3 Å². The molecular formula is C14H10BrFN2O3. The summed E-state index contributed by atoms with van der Waals surface area (Å²) in [6.07, 6.45) is 0. The highest BCUT2D eigenvalue weighted by molar-refractivity contribution is 9.10. The number of nitro groups is 1. The van der Waals surface area contributed by atoms with E-state index in [0.717, 1.165) is 23.4 Å². The highest BCUT2D eigenvalue weighted by atomic mass is 79.9. The number of nitro benzene ring substituents is 1. The molecule has 108 valence electrons. The Kier molecular flexibility index (Phi) is 3.50. The molecule has 1 aliphatic rings. The van der Waals surface area contributed by atoms with Gasteiger partial charge in [0.1, 0.15) is 23.9 Å². The Morgan fingerprint density at radius 1 is 1.38 bits per heavy atom. The number of nitrogens with one attached hydrogen (secondary N) is 1. The van der Waals surface area contributed by atoms with Crippen LogP contribution in [0.5, 0.6) is 5.75 Å². The van der Waals surface area contributed by atoms with Gasteiger partial charge in [-0.05, 0) is 22.0 Å². The van der Waals surface area contributed by atoms with E-state index in [1.807, 2.05) is 24.3 Å². The summed E-state index contributed by atoms with van der Waals surface area (Å²) in [7, 11) is 0. The van der Waals surface area contributed by atoms with E-state index in [4.69, 9.17) is 4.74 Å². The van der Waals surface area contributed by atoms with Crippen molar-refractivity contribution in [3.8, 4) is 5.75 Å². The van der Waals surface area contributed by atoms with Crippen molar-refractivity contribution in [1.82, 2.24) is 0 Å². The minimum Gasteiger partial charge on any atom is -0.491 e. The van der Waals surface area contributed by atoms with Crippen LogP contribution in [0.4, 0.5) is 15.8 Å². The summed E-state index contributed by atoms with van der Waals surface area (Å²) in [6.45, 7) is 0.341. The van der Waals surface area contributed by atoms with Crippen LogP contribution in [-0.4, -0.2) is 11.5 Å². The topological polar surface area (TPSA) is 64.4 Å². The second-order valence-electron chi connectivity index (χ2n) is 4.59. The molecule has 1 atom stereocenters. The predicted octanol–water partition coefficient (Wildman–Crippen LogP) is 4.04. The Labute approximate surface area is 128 Å². The predicted molar refractivity (Wildman–Crippen MR) is 79.1 cm³/mol. The molecule has 0 aliphatic carbocycles. The molecule has 2 aromatic rings. The molecule has 0 aromatic heterocycles.